The Labute approximate surface area is 178 Å². The molecule has 0 spiro atoms. The van der Waals surface area contributed by atoms with E-state index in [2.05, 4.69) is 32.9 Å². The van der Waals surface area contributed by atoms with Crippen molar-refractivity contribution in [2.45, 2.75) is 91.3 Å². The Morgan fingerprint density at radius 2 is 1.59 bits per heavy atom. The Kier molecular flexibility index (Phi) is 10.2. The molecule has 0 radical (unpaired) electrons. The first-order valence-corrected chi connectivity index (χ1v) is 11.4. The van der Waals surface area contributed by atoms with Crippen molar-refractivity contribution >= 4 is 0 Å². The molecule has 3 heteroatoms. The summed E-state index contributed by atoms with van der Waals surface area (Å²) in [6.45, 7) is 8.02. The molecule has 2 rings (SSSR count). The van der Waals surface area contributed by atoms with Crippen LogP contribution in [-0.4, -0.2) is 27.1 Å². The molecule has 0 fully saturated rings. The molecule has 0 saturated heterocycles. The van der Waals surface area contributed by atoms with E-state index >= 15 is 0 Å². The van der Waals surface area contributed by atoms with Crippen LogP contribution in [0, 0.1) is 5.41 Å². The minimum Gasteiger partial charge on any atom is -0.494 e. The number of rotatable bonds is 13. The standard InChI is InChI=1S/C26H42O3/c1-21-12-11-18-26(2,3)24(21)13-9-7-6-8-10-19-29-23-16-14-22(15-17-23)20-25(27-4)28-5/h14-17,25H,6-13,18-20H2,1-5H3. The summed E-state index contributed by atoms with van der Waals surface area (Å²) in [4.78, 5) is 0. The number of methoxy groups -OCH3 is 2. The fourth-order valence-corrected chi connectivity index (χ4v) is 4.53. The van der Waals surface area contributed by atoms with Gasteiger partial charge < -0.3 is 14.2 Å². The second-order valence-electron chi connectivity index (χ2n) is 9.11. The Hall–Kier alpha value is -1.32. The lowest BCUT2D eigenvalue weighted by atomic mass is 9.71. The predicted octanol–water partition coefficient (Wildman–Crippen LogP) is 7.09. The van der Waals surface area contributed by atoms with Crippen LogP contribution in [0.25, 0.3) is 0 Å². The SMILES string of the molecule is COC(Cc1ccc(OCCCCCCCC2=C(C)CCCC2(C)C)cc1)OC. The van der Waals surface area contributed by atoms with Crippen LogP contribution in [0.1, 0.15) is 84.1 Å². The molecule has 0 N–H and O–H groups in total. The zero-order chi connectivity index (χ0) is 21.1. The zero-order valence-electron chi connectivity index (χ0n) is 19.4. The first-order valence-electron chi connectivity index (χ1n) is 11.4. The summed E-state index contributed by atoms with van der Waals surface area (Å²) in [5.74, 6) is 0.946. The lowest BCUT2D eigenvalue weighted by Crippen LogP contribution is -2.20. The minimum atomic E-state index is -0.189. The molecular formula is C26H42O3. The highest BCUT2D eigenvalue weighted by Gasteiger charge is 2.27. The number of ether oxygens (including phenoxy) is 3. The molecule has 0 bridgehead atoms. The normalized spacial score (nSPS) is 16.5. The number of unbranched alkanes of at least 4 members (excludes halogenated alkanes) is 4. The highest BCUT2D eigenvalue weighted by atomic mass is 16.7. The van der Waals surface area contributed by atoms with Crippen LogP contribution in [0.3, 0.4) is 0 Å². The van der Waals surface area contributed by atoms with Gasteiger partial charge in [0.1, 0.15) is 5.75 Å². The molecule has 0 atom stereocenters. The molecule has 29 heavy (non-hydrogen) atoms. The smallest absolute Gasteiger partial charge is 0.160 e. The van der Waals surface area contributed by atoms with E-state index in [-0.39, 0.29) is 6.29 Å². The van der Waals surface area contributed by atoms with Crippen molar-refractivity contribution in [1.29, 1.82) is 0 Å². The van der Waals surface area contributed by atoms with Gasteiger partial charge in [0.05, 0.1) is 6.61 Å². The van der Waals surface area contributed by atoms with Crippen molar-refractivity contribution in [3.05, 3.63) is 41.0 Å². The van der Waals surface area contributed by atoms with Crippen LogP contribution >= 0.6 is 0 Å². The summed E-state index contributed by atoms with van der Waals surface area (Å²) in [5, 5.41) is 0. The molecule has 0 unspecified atom stereocenters. The van der Waals surface area contributed by atoms with E-state index in [4.69, 9.17) is 14.2 Å². The van der Waals surface area contributed by atoms with E-state index < -0.39 is 0 Å². The third kappa shape index (κ3) is 8.14. The van der Waals surface area contributed by atoms with Gasteiger partial charge in [-0.3, -0.25) is 0 Å². The first-order chi connectivity index (χ1) is 14.0. The van der Waals surface area contributed by atoms with Crippen LogP contribution in [0.15, 0.2) is 35.4 Å². The Morgan fingerprint density at radius 1 is 0.931 bits per heavy atom. The van der Waals surface area contributed by atoms with Gasteiger partial charge in [0.2, 0.25) is 0 Å². The van der Waals surface area contributed by atoms with Gasteiger partial charge in [0, 0.05) is 20.6 Å². The molecule has 0 amide bonds. The third-order valence-corrected chi connectivity index (χ3v) is 6.38. The van der Waals surface area contributed by atoms with Gasteiger partial charge in [-0.2, -0.15) is 0 Å². The summed E-state index contributed by atoms with van der Waals surface area (Å²) in [6.07, 6.45) is 12.3. The van der Waals surface area contributed by atoms with Gasteiger partial charge in [-0.1, -0.05) is 56.4 Å². The molecule has 1 aromatic carbocycles. The number of allylic oxidation sites excluding steroid dienone is 2. The minimum absolute atomic E-state index is 0.189. The number of hydrogen-bond donors (Lipinski definition) is 0. The Morgan fingerprint density at radius 3 is 2.24 bits per heavy atom. The van der Waals surface area contributed by atoms with Crippen LogP contribution in [0.4, 0.5) is 0 Å². The van der Waals surface area contributed by atoms with Crippen molar-refractivity contribution in [3.8, 4) is 5.75 Å². The summed E-state index contributed by atoms with van der Waals surface area (Å²) in [6, 6.07) is 8.26. The van der Waals surface area contributed by atoms with E-state index in [0.29, 0.717) is 5.41 Å². The Bertz CT molecular complexity index is 611. The van der Waals surface area contributed by atoms with Gasteiger partial charge in [-0.05, 0) is 68.6 Å². The quantitative estimate of drug-likeness (QED) is 0.200. The van der Waals surface area contributed by atoms with Crippen LogP contribution in [-0.2, 0) is 15.9 Å². The van der Waals surface area contributed by atoms with Crippen molar-refractivity contribution in [2.24, 2.45) is 5.41 Å². The number of hydrogen-bond acceptors (Lipinski definition) is 3. The molecule has 1 aliphatic rings. The maximum atomic E-state index is 5.89. The lowest BCUT2D eigenvalue weighted by molar-refractivity contribution is -0.100. The molecule has 0 heterocycles. The van der Waals surface area contributed by atoms with Crippen molar-refractivity contribution in [1.82, 2.24) is 0 Å². The highest BCUT2D eigenvalue weighted by molar-refractivity contribution is 5.27. The van der Waals surface area contributed by atoms with E-state index in [0.717, 1.165) is 25.2 Å². The predicted molar refractivity (Wildman–Crippen MR) is 121 cm³/mol. The Balaban J connectivity index is 1.56. The summed E-state index contributed by atoms with van der Waals surface area (Å²) < 4.78 is 16.4. The monoisotopic (exact) mass is 402 g/mol. The van der Waals surface area contributed by atoms with Gasteiger partial charge in [-0.15, -0.1) is 0 Å². The first kappa shape index (κ1) is 24.0. The topological polar surface area (TPSA) is 27.7 Å². The summed E-state index contributed by atoms with van der Waals surface area (Å²) in [5.41, 5.74) is 5.04. The fourth-order valence-electron chi connectivity index (χ4n) is 4.53. The largest absolute Gasteiger partial charge is 0.494 e. The molecule has 164 valence electrons. The molecule has 3 nitrogen and oxygen atoms in total. The van der Waals surface area contributed by atoms with Crippen molar-refractivity contribution in [3.63, 3.8) is 0 Å². The average molecular weight is 403 g/mol. The van der Waals surface area contributed by atoms with E-state index in [1.165, 1.54) is 56.9 Å². The van der Waals surface area contributed by atoms with E-state index in [9.17, 15) is 0 Å². The molecule has 0 aromatic heterocycles. The maximum absolute atomic E-state index is 5.89. The lowest BCUT2D eigenvalue weighted by Gasteiger charge is -2.34. The highest BCUT2D eigenvalue weighted by Crippen LogP contribution is 2.42. The second-order valence-corrected chi connectivity index (χ2v) is 9.11. The fraction of sp³-hybridized carbons (Fsp3) is 0.692. The zero-order valence-corrected chi connectivity index (χ0v) is 19.4. The van der Waals surface area contributed by atoms with Crippen LogP contribution in [0.2, 0.25) is 0 Å². The average Bonchev–Trinajstić information content (AvgIpc) is 2.70. The summed E-state index contributed by atoms with van der Waals surface area (Å²) in [7, 11) is 3.33. The van der Waals surface area contributed by atoms with Crippen LogP contribution < -0.4 is 4.74 Å². The number of benzene rings is 1. The van der Waals surface area contributed by atoms with E-state index in [1.807, 2.05) is 12.1 Å². The van der Waals surface area contributed by atoms with Crippen molar-refractivity contribution < 1.29 is 14.2 Å². The van der Waals surface area contributed by atoms with Gasteiger partial charge in [0.15, 0.2) is 6.29 Å². The third-order valence-electron chi connectivity index (χ3n) is 6.38. The molecular weight excluding hydrogens is 360 g/mol. The molecule has 0 aliphatic heterocycles. The van der Waals surface area contributed by atoms with Gasteiger partial charge >= 0.3 is 0 Å². The van der Waals surface area contributed by atoms with Gasteiger partial charge in [-0.25, -0.2) is 0 Å². The summed E-state index contributed by atoms with van der Waals surface area (Å²) >= 11 is 0. The molecule has 0 saturated carbocycles. The molecule has 1 aromatic rings. The maximum Gasteiger partial charge on any atom is 0.160 e. The molecule has 1 aliphatic carbocycles. The van der Waals surface area contributed by atoms with Gasteiger partial charge in [0.25, 0.3) is 0 Å². The van der Waals surface area contributed by atoms with E-state index in [1.54, 1.807) is 25.4 Å². The second kappa shape index (κ2) is 12.4. The van der Waals surface area contributed by atoms with Crippen molar-refractivity contribution in [2.75, 3.05) is 20.8 Å². The van der Waals surface area contributed by atoms with Crippen LogP contribution in [0.5, 0.6) is 5.75 Å².